The Balaban J connectivity index is 2.28. The zero-order chi connectivity index (χ0) is 11.5. The number of piperidine rings is 1. The van der Waals surface area contributed by atoms with E-state index in [0.717, 1.165) is 18.8 Å². The number of rotatable bonds is 4. The van der Waals surface area contributed by atoms with E-state index in [1.807, 2.05) is 11.8 Å². The lowest BCUT2D eigenvalue weighted by Gasteiger charge is -2.30. The zero-order valence-corrected chi connectivity index (χ0v) is 10.6. The molecule has 0 saturated carbocycles. The van der Waals surface area contributed by atoms with Crippen molar-refractivity contribution in [3.8, 4) is 0 Å². The van der Waals surface area contributed by atoms with E-state index in [1.165, 1.54) is 12.8 Å². The first-order chi connectivity index (χ1) is 6.92. The van der Waals surface area contributed by atoms with Crippen molar-refractivity contribution in [1.29, 1.82) is 0 Å². The molecule has 4 heteroatoms. The summed E-state index contributed by atoms with van der Waals surface area (Å²) in [4.78, 5) is 13.3. The monoisotopic (exact) mass is 231 g/mol. The number of carboxylic acid groups (broad SMARTS) is 1. The van der Waals surface area contributed by atoms with Gasteiger partial charge < -0.3 is 10.0 Å². The van der Waals surface area contributed by atoms with E-state index in [1.54, 1.807) is 13.8 Å². The first-order valence-electron chi connectivity index (χ1n) is 5.45. The summed E-state index contributed by atoms with van der Waals surface area (Å²) in [6, 6.07) is 0. The van der Waals surface area contributed by atoms with Crippen molar-refractivity contribution < 1.29 is 9.90 Å². The molecule has 1 rings (SSSR count). The fraction of sp³-hybridized carbons (Fsp3) is 0.909. The summed E-state index contributed by atoms with van der Waals surface area (Å²) in [5.41, 5.74) is -0.589. The second-order valence-corrected chi connectivity index (χ2v) is 6.29. The Bertz CT molecular complexity index is 223. The van der Waals surface area contributed by atoms with Gasteiger partial charge in [0.1, 0.15) is 0 Å². The van der Waals surface area contributed by atoms with Crippen LogP contribution in [0.4, 0.5) is 0 Å². The minimum atomic E-state index is -0.692. The van der Waals surface area contributed by atoms with Gasteiger partial charge in [0.25, 0.3) is 0 Å². The standard InChI is InChI=1S/C11H21NO2S/c1-11(2,10(13)14)8-15-9-4-6-12(3)7-5-9/h9H,4-8H2,1-3H3,(H,13,14). The summed E-state index contributed by atoms with van der Waals surface area (Å²) in [5, 5.41) is 9.64. The maximum atomic E-state index is 10.9. The molecule has 0 aromatic carbocycles. The lowest BCUT2D eigenvalue weighted by molar-refractivity contribution is -0.145. The molecule has 0 aliphatic carbocycles. The summed E-state index contributed by atoms with van der Waals surface area (Å²) in [5.74, 6) is 0.0272. The van der Waals surface area contributed by atoms with Gasteiger partial charge in [-0.05, 0) is 46.8 Å². The number of hydrogen-bond donors (Lipinski definition) is 1. The number of nitrogens with zero attached hydrogens (tertiary/aromatic N) is 1. The number of likely N-dealkylation sites (tertiary alicyclic amines) is 1. The number of aliphatic carboxylic acids is 1. The molecule has 0 aromatic rings. The number of hydrogen-bond acceptors (Lipinski definition) is 3. The molecule has 0 unspecified atom stereocenters. The summed E-state index contributed by atoms with van der Waals surface area (Å²) in [6.07, 6.45) is 2.38. The number of thioether (sulfide) groups is 1. The molecule has 0 radical (unpaired) electrons. The second-order valence-electron chi connectivity index (χ2n) is 5.00. The van der Waals surface area contributed by atoms with Crippen LogP contribution in [0.2, 0.25) is 0 Å². The largest absolute Gasteiger partial charge is 0.481 e. The van der Waals surface area contributed by atoms with E-state index in [4.69, 9.17) is 5.11 Å². The molecule has 15 heavy (non-hydrogen) atoms. The van der Waals surface area contributed by atoms with Crippen LogP contribution in [0.1, 0.15) is 26.7 Å². The van der Waals surface area contributed by atoms with Crippen LogP contribution < -0.4 is 0 Å². The van der Waals surface area contributed by atoms with Crippen molar-refractivity contribution >= 4 is 17.7 Å². The van der Waals surface area contributed by atoms with Crippen molar-refractivity contribution in [2.75, 3.05) is 25.9 Å². The van der Waals surface area contributed by atoms with Crippen LogP contribution in [-0.2, 0) is 4.79 Å². The first-order valence-corrected chi connectivity index (χ1v) is 6.50. The Morgan fingerprint density at radius 2 is 2.00 bits per heavy atom. The first kappa shape index (κ1) is 12.8. The van der Waals surface area contributed by atoms with Crippen molar-refractivity contribution in [2.24, 2.45) is 5.41 Å². The molecule has 1 N–H and O–H groups in total. The smallest absolute Gasteiger partial charge is 0.309 e. The molecule has 0 atom stereocenters. The molecule has 0 bridgehead atoms. The minimum absolute atomic E-state index is 0.589. The van der Waals surface area contributed by atoms with Gasteiger partial charge in [0.15, 0.2) is 0 Å². The van der Waals surface area contributed by atoms with Crippen LogP contribution in [-0.4, -0.2) is 47.1 Å². The quantitative estimate of drug-likeness (QED) is 0.802. The lowest BCUT2D eigenvalue weighted by Crippen LogP contribution is -2.33. The Kier molecular flexibility index (Phi) is 4.46. The van der Waals surface area contributed by atoms with Gasteiger partial charge in [-0.2, -0.15) is 11.8 Å². The van der Waals surface area contributed by atoms with Crippen LogP contribution in [0.25, 0.3) is 0 Å². The van der Waals surface area contributed by atoms with Gasteiger partial charge >= 0.3 is 5.97 Å². The molecule has 88 valence electrons. The summed E-state index contributed by atoms with van der Waals surface area (Å²) >= 11 is 1.83. The Morgan fingerprint density at radius 1 is 1.47 bits per heavy atom. The number of carboxylic acids is 1. The van der Waals surface area contributed by atoms with Gasteiger partial charge in [0.05, 0.1) is 5.41 Å². The molecule has 1 aliphatic rings. The predicted molar refractivity (Wildman–Crippen MR) is 64.4 cm³/mol. The minimum Gasteiger partial charge on any atom is -0.481 e. The average Bonchev–Trinajstić information content (AvgIpc) is 2.17. The molecule has 0 aromatic heterocycles. The highest BCUT2D eigenvalue weighted by Gasteiger charge is 2.29. The average molecular weight is 231 g/mol. The molecule has 0 spiro atoms. The van der Waals surface area contributed by atoms with E-state index in [-0.39, 0.29) is 0 Å². The molecular formula is C11H21NO2S. The van der Waals surface area contributed by atoms with Gasteiger partial charge in [-0.3, -0.25) is 4.79 Å². The third-order valence-corrected chi connectivity index (χ3v) is 4.76. The van der Waals surface area contributed by atoms with Crippen molar-refractivity contribution in [1.82, 2.24) is 4.90 Å². The van der Waals surface area contributed by atoms with Crippen LogP contribution >= 0.6 is 11.8 Å². The van der Waals surface area contributed by atoms with Crippen LogP contribution in [0.5, 0.6) is 0 Å². The molecule has 1 heterocycles. The summed E-state index contributed by atoms with van der Waals surface area (Å²) in [6.45, 7) is 5.89. The molecule has 3 nitrogen and oxygen atoms in total. The zero-order valence-electron chi connectivity index (χ0n) is 9.82. The number of carbonyl (C=O) groups is 1. The predicted octanol–water partition coefficient (Wildman–Crippen LogP) is 1.92. The maximum absolute atomic E-state index is 10.9. The maximum Gasteiger partial charge on any atom is 0.309 e. The highest BCUT2D eigenvalue weighted by Crippen LogP contribution is 2.29. The van der Waals surface area contributed by atoms with Gasteiger partial charge in [-0.25, -0.2) is 0 Å². The van der Waals surface area contributed by atoms with Crippen molar-refractivity contribution in [3.63, 3.8) is 0 Å². The second kappa shape index (κ2) is 5.21. The van der Waals surface area contributed by atoms with Crippen LogP contribution in [0, 0.1) is 5.41 Å². The van der Waals surface area contributed by atoms with Crippen LogP contribution in [0.15, 0.2) is 0 Å². The lowest BCUT2D eigenvalue weighted by atomic mass is 9.97. The molecule has 1 saturated heterocycles. The highest BCUT2D eigenvalue weighted by molar-refractivity contribution is 7.99. The molecule has 0 amide bonds. The van der Waals surface area contributed by atoms with Crippen LogP contribution in [0.3, 0.4) is 0 Å². The fourth-order valence-electron chi connectivity index (χ4n) is 1.54. The molecule has 1 aliphatic heterocycles. The molecule has 1 fully saturated rings. The van der Waals surface area contributed by atoms with E-state index in [2.05, 4.69) is 11.9 Å². The summed E-state index contributed by atoms with van der Waals surface area (Å²) < 4.78 is 0. The van der Waals surface area contributed by atoms with E-state index >= 15 is 0 Å². The SMILES string of the molecule is CN1CCC(SCC(C)(C)C(=O)O)CC1. The highest BCUT2D eigenvalue weighted by atomic mass is 32.2. The van der Waals surface area contributed by atoms with Gasteiger partial charge in [-0.1, -0.05) is 0 Å². The topological polar surface area (TPSA) is 40.5 Å². The van der Waals surface area contributed by atoms with E-state index in [9.17, 15) is 4.79 Å². The third-order valence-electron chi connectivity index (χ3n) is 2.92. The van der Waals surface area contributed by atoms with Gasteiger partial charge in [-0.15, -0.1) is 0 Å². The van der Waals surface area contributed by atoms with Crippen molar-refractivity contribution in [3.05, 3.63) is 0 Å². The third kappa shape index (κ3) is 4.03. The Labute approximate surface area is 96.2 Å². The molecular weight excluding hydrogens is 210 g/mol. The normalized spacial score (nSPS) is 20.5. The fourth-order valence-corrected chi connectivity index (χ4v) is 2.86. The van der Waals surface area contributed by atoms with Gasteiger partial charge in [0.2, 0.25) is 0 Å². The van der Waals surface area contributed by atoms with Gasteiger partial charge in [0, 0.05) is 11.0 Å². The summed E-state index contributed by atoms with van der Waals surface area (Å²) in [7, 11) is 2.14. The Hall–Kier alpha value is -0.220. The Morgan fingerprint density at radius 3 is 2.47 bits per heavy atom. The van der Waals surface area contributed by atoms with E-state index in [0.29, 0.717) is 5.25 Å². The van der Waals surface area contributed by atoms with Crippen molar-refractivity contribution in [2.45, 2.75) is 31.9 Å². The van der Waals surface area contributed by atoms with E-state index < -0.39 is 11.4 Å².